The second kappa shape index (κ2) is 3.62. The molecule has 1 aromatic rings. The zero-order valence-electron chi connectivity index (χ0n) is 7.37. The number of hydrogen-bond donors (Lipinski definition) is 0. The van der Waals surface area contributed by atoms with E-state index in [4.69, 9.17) is 0 Å². The quantitative estimate of drug-likeness (QED) is 0.776. The van der Waals surface area contributed by atoms with Crippen LogP contribution in [0, 0.1) is 5.82 Å². The standard InChI is InChI=1S/C9H9BrFNOS/c10-8-6-7(2-3-9(8)11)14(13)5-1-4-12-14/h2-3,6H,1,4-5H2. The highest BCUT2D eigenvalue weighted by molar-refractivity contribution is 9.10. The van der Waals surface area contributed by atoms with Crippen LogP contribution in [0.1, 0.15) is 6.42 Å². The van der Waals surface area contributed by atoms with E-state index in [-0.39, 0.29) is 5.82 Å². The van der Waals surface area contributed by atoms with Gasteiger partial charge >= 0.3 is 0 Å². The van der Waals surface area contributed by atoms with E-state index in [1.165, 1.54) is 6.07 Å². The molecule has 2 rings (SSSR count). The van der Waals surface area contributed by atoms with Gasteiger partial charge in [0.05, 0.1) is 14.2 Å². The van der Waals surface area contributed by atoms with Crippen LogP contribution < -0.4 is 0 Å². The van der Waals surface area contributed by atoms with Gasteiger partial charge in [-0.3, -0.25) is 0 Å². The maximum absolute atomic E-state index is 12.9. The van der Waals surface area contributed by atoms with Crippen LogP contribution in [-0.4, -0.2) is 16.5 Å². The highest BCUT2D eigenvalue weighted by atomic mass is 79.9. The van der Waals surface area contributed by atoms with Crippen LogP contribution in [-0.2, 0) is 9.73 Å². The summed E-state index contributed by atoms with van der Waals surface area (Å²) in [7, 11) is -2.24. The lowest BCUT2D eigenvalue weighted by Gasteiger charge is -2.04. The average molecular weight is 278 g/mol. The Kier molecular flexibility index (Phi) is 2.62. The average Bonchev–Trinajstić information content (AvgIpc) is 2.58. The summed E-state index contributed by atoms with van der Waals surface area (Å²) < 4.78 is 29.5. The molecule has 1 aromatic carbocycles. The molecular weight excluding hydrogens is 269 g/mol. The zero-order valence-corrected chi connectivity index (χ0v) is 9.78. The molecular formula is C9H9BrFNOS. The molecule has 2 nitrogen and oxygen atoms in total. The van der Waals surface area contributed by atoms with E-state index in [1.54, 1.807) is 12.1 Å². The Bertz CT molecular complexity index is 480. The third kappa shape index (κ3) is 1.70. The predicted molar refractivity (Wildman–Crippen MR) is 57.3 cm³/mol. The van der Waals surface area contributed by atoms with Gasteiger partial charge in [0.2, 0.25) is 0 Å². The first-order valence-electron chi connectivity index (χ1n) is 4.27. The zero-order chi connectivity index (χ0) is 10.2. The maximum atomic E-state index is 12.9. The summed E-state index contributed by atoms with van der Waals surface area (Å²) in [6.45, 7) is 0.647. The molecule has 14 heavy (non-hydrogen) atoms. The van der Waals surface area contributed by atoms with Crippen LogP contribution in [0.3, 0.4) is 0 Å². The van der Waals surface area contributed by atoms with Gasteiger partial charge in [-0.05, 0) is 40.5 Å². The summed E-state index contributed by atoms with van der Waals surface area (Å²) in [6, 6.07) is 4.43. The molecule has 76 valence electrons. The predicted octanol–water partition coefficient (Wildman–Crippen LogP) is 2.82. The van der Waals surface area contributed by atoms with E-state index in [9.17, 15) is 8.60 Å². The van der Waals surface area contributed by atoms with Crippen LogP contribution in [0.5, 0.6) is 0 Å². The summed E-state index contributed by atoms with van der Waals surface area (Å²) in [4.78, 5) is 0.628. The molecule has 1 unspecified atom stereocenters. The van der Waals surface area contributed by atoms with E-state index in [0.717, 1.165) is 6.42 Å². The van der Waals surface area contributed by atoms with Gasteiger partial charge in [-0.1, -0.05) is 0 Å². The van der Waals surface area contributed by atoms with Crippen molar-refractivity contribution in [3.05, 3.63) is 28.5 Å². The van der Waals surface area contributed by atoms with Gasteiger partial charge in [-0.25, -0.2) is 13.0 Å². The van der Waals surface area contributed by atoms with E-state index in [0.29, 0.717) is 21.7 Å². The molecule has 1 atom stereocenters. The van der Waals surface area contributed by atoms with Gasteiger partial charge in [0.25, 0.3) is 0 Å². The largest absolute Gasteiger partial charge is 0.245 e. The second-order valence-corrected chi connectivity index (χ2v) is 6.40. The Morgan fingerprint density at radius 1 is 1.50 bits per heavy atom. The summed E-state index contributed by atoms with van der Waals surface area (Å²) in [5.74, 6) is 0.250. The first-order valence-corrected chi connectivity index (χ1v) is 6.75. The van der Waals surface area contributed by atoms with Crippen molar-refractivity contribution in [2.75, 3.05) is 12.3 Å². The van der Waals surface area contributed by atoms with Crippen LogP contribution in [0.4, 0.5) is 4.39 Å². The van der Waals surface area contributed by atoms with Crippen molar-refractivity contribution in [3.63, 3.8) is 0 Å². The number of hydrogen-bond acceptors (Lipinski definition) is 2. The Balaban J connectivity index is 2.53. The minimum absolute atomic E-state index is 0.338. The molecule has 0 N–H and O–H groups in total. The molecule has 0 saturated carbocycles. The summed E-state index contributed by atoms with van der Waals surface area (Å²) >= 11 is 3.08. The molecule has 0 saturated heterocycles. The molecule has 1 heterocycles. The van der Waals surface area contributed by atoms with E-state index in [1.807, 2.05) is 0 Å². The van der Waals surface area contributed by atoms with Gasteiger partial charge in [0, 0.05) is 17.2 Å². The summed E-state index contributed by atoms with van der Waals surface area (Å²) in [6.07, 6.45) is 0.855. The normalized spacial score (nSPS) is 26.1. The Morgan fingerprint density at radius 3 is 2.86 bits per heavy atom. The molecule has 1 aliphatic heterocycles. The van der Waals surface area contributed by atoms with Crippen LogP contribution in [0.2, 0.25) is 0 Å². The van der Waals surface area contributed by atoms with Crippen molar-refractivity contribution in [1.82, 2.24) is 0 Å². The molecule has 0 radical (unpaired) electrons. The Hall–Kier alpha value is -0.420. The molecule has 0 fully saturated rings. The molecule has 0 spiro atoms. The lowest BCUT2D eigenvalue weighted by atomic mass is 10.3. The molecule has 0 aliphatic carbocycles. The monoisotopic (exact) mass is 277 g/mol. The number of nitrogens with zero attached hydrogens (tertiary/aromatic N) is 1. The van der Waals surface area contributed by atoms with Gasteiger partial charge in [0.15, 0.2) is 0 Å². The summed E-state index contributed by atoms with van der Waals surface area (Å²) in [5.41, 5.74) is 0. The number of rotatable bonds is 1. The fourth-order valence-corrected chi connectivity index (χ4v) is 3.98. The van der Waals surface area contributed by atoms with Crippen molar-refractivity contribution >= 4 is 25.7 Å². The smallest absolute Gasteiger partial charge is 0.137 e. The topological polar surface area (TPSA) is 29.4 Å². The van der Waals surface area contributed by atoms with Crippen molar-refractivity contribution < 1.29 is 8.60 Å². The van der Waals surface area contributed by atoms with Crippen LogP contribution >= 0.6 is 15.9 Å². The first-order chi connectivity index (χ1) is 6.62. The lowest BCUT2D eigenvalue weighted by molar-refractivity contribution is 0.619. The Labute approximate surface area is 90.8 Å². The molecule has 0 bridgehead atoms. The van der Waals surface area contributed by atoms with Crippen LogP contribution in [0.15, 0.2) is 31.9 Å². The number of halogens is 2. The second-order valence-electron chi connectivity index (χ2n) is 3.13. The van der Waals surface area contributed by atoms with E-state index >= 15 is 0 Å². The third-order valence-electron chi connectivity index (χ3n) is 2.14. The van der Waals surface area contributed by atoms with Gasteiger partial charge in [-0.15, -0.1) is 0 Å². The lowest BCUT2D eigenvalue weighted by Crippen LogP contribution is -2.01. The maximum Gasteiger partial charge on any atom is 0.137 e. The molecule has 0 amide bonds. The fraction of sp³-hybridized carbons (Fsp3) is 0.333. The first kappa shape index (κ1) is 10.1. The molecule has 1 aliphatic rings. The van der Waals surface area contributed by atoms with Crippen molar-refractivity contribution in [3.8, 4) is 0 Å². The number of benzene rings is 1. The van der Waals surface area contributed by atoms with E-state index in [2.05, 4.69) is 20.3 Å². The van der Waals surface area contributed by atoms with Gasteiger partial charge < -0.3 is 0 Å². The minimum Gasteiger partial charge on any atom is -0.245 e. The highest BCUT2D eigenvalue weighted by Gasteiger charge is 2.17. The van der Waals surface area contributed by atoms with Gasteiger partial charge in [0.1, 0.15) is 5.82 Å². The summed E-state index contributed by atoms with van der Waals surface area (Å²) in [5, 5.41) is 0. The third-order valence-corrected chi connectivity index (χ3v) is 5.18. The van der Waals surface area contributed by atoms with Crippen molar-refractivity contribution in [2.45, 2.75) is 11.3 Å². The van der Waals surface area contributed by atoms with E-state index < -0.39 is 9.73 Å². The SMILES string of the molecule is O=S1(c2ccc(F)c(Br)c2)=NCCC1. The molecule has 0 aromatic heterocycles. The molecule has 5 heteroatoms. The van der Waals surface area contributed by atoms with Crippen LogP contribution in [0.25, 0.3) is 0 Å². The van der Waals surface area contributed by atoms with Crippen molar-refractivity contribution in [1.29, 1.82) is 0 Å². The highest BCUT2D eigenvalue weighted by Crippen LogP contribution is 2.24. The minimum atomic E-state index is -2.24. The van der Waals surface area contributed by atoms with Gasteiger partial charge in [-0.2, -0.15) is 0 Å². The fourth-order valence-electron chi connectivity index (χ4n) is 1.40. The van der Waals surface area contributed by atoms with Crippen molar-refractivity contribution in [2.24, 2.45) is 4.36 Å². The Morgan fingerprint density at radius 2 is 2.29 bits per heavy atom.